The molecule has 0 amide bonds. The van der Waals surface area contributed by atoms with Crippen LogP contribution in [0.2, 0.25) is 0 Å². The van der Waals surface area contributed by atoms with Gasteiger partial charge in [-0.3, -0.25) is 10.1 Å². The molecule has 28 heavy (non-hydrogen) atoms. The molecule has 0 spiro atoms. The minimum atomic E-state index is -0.451. The maximum atomic E-state index is 11.0. The van der Waals surface area contributed by atoms with Gasteiger partial charge in [-0.15, -0.1) is 11.3 Å². The van der Waals surface area contributed by atoms with Gasteiger partial charge in [0.05, 0.1) is 30.4 Å². The summed E-state index contributed by atoms with van der Waals surface area (Å²) in [6, 6.07) is 13.7. The van der Waals surface area contributed by atoms with E-state index in [-0.39, 0.29) is 5.69 Å². The summed E-state index contributed by atoms with van der Waals surface area (Å²) in [5, 5.41) is 22.8. The van der Waals surface area contributed by atoms with Gasteiger partial charge in [0.2, 0.25) is 0 Å². The Labute approximate surface area is 165 Å². The van der Waals surface area contributed by atoms with E-state index < -0.39 is 4.92 Å². The number of benzene rings is 2. The Morgan fingerprint density at radius 3 is 2.75 bits per heavy atom. The summed E-state index contributed by atoms with van der Waals surface area (Å²) in [6.45, 7) is 0. The maximum Gasteiger partial charge on any atom is 0.270 e. The molecule has 1 aromatic heterocycles. The zero-order chi connectivity index (χ0) is 20.1. The van der Waals surface area contributed by atoms with E-state index >= 15 is 0 Å². The highest BCUT2D eigenvalue weighted by Gasteiger charge is 2.13. The van der Waals surface area contributed by atoms with Gasteiger partial charge in [-0.05, 0) is 18.2 Å². The highest BCUT2D eigenvalue weighted by Crippen LogP contribution is 2.31. The van der Waals surface area contributed by atoms with Crippen LogP contribution < -0.4 is 9.47 Å². The van der Waals surface area contributed by atoms with E-state index in [1.807, 2.05) is 0 Å². The largest absolute Gasteiger partial charge is 0.497 e. The minimum Gasteiger partial charge on any atom is -0.497 e. The number of non-ortho nitro benzene ring substituents is 1. The number of ether oxygens (including phenoxy) is 2. The molecule has 3 aromatic rings. The van der Waals surface area contributed by atoms with Gasteiger partial charge in [0.1, 0.15) is 22.6 Å². The van der Waals surface area contributed by atoms with Crippen molar-refractivity contribution in [2.24, 2.45) is 0 Å². The molecule has 0 aliphatic carbocycles. The van der Waals surface area contributed by atoms with Crippen LogP contribution in [-0.2, 0) is 0 Å². The summed E-state index contributed by atoms with van der Waals surface area (Å²) in [4.78, 5) is 15.0. The normalized spacial score (nSPS) is 11.0. The van der Waals surface area contributed by atoms with Crippen molar-refractivity contribution >= 4 is 28.7 Å². The smallest absolute Gasteiger partial charge is 0.270 e. The van der Waals surface area contributed by atoms with Gasteiger partial charge in [-0.2, -0.15) is 5.26 Å². The molecule has 0 unspecified atom stereocenters. The first-order chi connectivity index (χ1) is 13.5. The number of rotatable bonds is 6. The molecule has 0 saturated heterocycles. The molecular formula is C20H15N3O4S. The Morgan fingerprint density at radius 2 is 2.07 bits per heavy atom. The molecule has 0 N–H and O–H groups in total. The van der Waals surface area contributed by atoms with Gasteiger partial charge in [-0.25, -0.2) is 4.98 Å². The number of nitro groups is 1. The first kappa shape index (κ1) is 19.1. The quantitative estimate of drug-likeness (QED) is 0.339. The van der Waals surface area contributed by atoms with Gasteiger partial charge in [0, 0.05) is 34.7 Å². The fourth-order valence-electron chi connectivity index (χ4n) is 2.54. The number of nitrogens with zero attached hydrogens (tertiary/aromatic N) is 3. The molecule has 2 aromatic carbocycles. The fourth-order valence-corrected chi connectivity index (χ4v) is 3.34. The molecule has 0 atom stereocenters. The lowest BCUT2D eigenvalue weighted by Gasteiger charge is -2.07. The molecule has 1 heterocycles. The van der Waals surface area contributed by atoms with Gasteiger partial charge in [0.25, 0.3) is 5.69 Å². The molecule has 0 aliphatic rings. The van der Waals surface area contributed by atoms with Crippen molar-refractivity contribution in [3.8, 4) is 28.8 Å². The maximum absolute atomic E-state index is 11.0. The molecule has 0 saturated carbocycles. The van der Waals surface area contributed by atoms with E-state index in [0.717, 1.165) is 0 Å². The van der Waals surface area contributed by atoms with Gasteiger partial charge in [0.15, 0.2) is 0 Å². The molecule has 0 radical (unpaired) electrons. The average Bonchev–Trinajstić information content (AvgIpc) is 3.22. The molecule has 140 valence electrons. The van der Waals surface area contributed by atoms with E-state index in [4.69, 9.17) is 9.47 Å². The number of methoxy groups -OCH3 is 2. The van der Waals surface area contributed by atoms with E-state index in [1.165, 1.54) is 23.5 Å². The summed E-state index contributed by atoms with van der Waals surface area (Å²) >= 11 is 1.29. The minimum absolute atomic E-state index is 0.00827. The lowest BCUT2D eigenvalue weighted by molar-refractivity contribution is -0.384. The number of aromatic nitrogens is 1. The SMILES string of the molecule is COc1ccc(C=C(C#N)c2nc(-c3cccc([N+](=O)[O-])c3)cs2)c(OC)c1. The first-order valence-corrected chi connectivity index (χ1v) is 8.98. The second-order valence-corrected chi connectivity index (χ2v) is 6.48. The average molecular weight is 393 g/mol. The van der Waals surface area contributed by atoms with Crippen LogP contribution in [0.25, 0.3) is 22.9 Å². The van der Waals surface area contributed by atoms with Crippen molar-refractivity contribution < 1.29 is 14.4 Å². The highest BCUT2D eigenvalue weighted by molar-refractivity contribution is 7.11. The second-order valence-electron chi connectivity index (χ2n) is 5.62. The highest BCUT2D eigenvalue weighted by atomic mass is 32.1. The third kappa shape index (κ3) is 4.00. The predicted molar refractivity (Wildman–Crippen MR) is 107 cm³/mol. The number of nitro benzene ring substituents is 1. The predicted octanol–water partition coefficient (Wildman–Crippen LogP) is 4.80. The Hall–Kier alpha value is -3.70. The summed E-state index contributed by atoms with van der Waals surface area (Å²) in [5.41, 5.74) is 2.27. The monoisotopic (exact) mass is 393 g/mol. The topological polar surface area (TPSA) is 98.3 Å². The van der Waals surface area contributed by atoms with Crippen molar-refractivity contribution in [1.29, 1.82) is 5.26 Å². The van der Waals surface area contributed by atoms with Crippen molar-refractivity contribution in [3.63, 3.8) is 0 Å². The third-order valence-corrected chi connectivity index (χ3v) is 4.82. The van der Waals surface area contributed by atoms with Gasteiger partial charge in [-0.1, -0.05) is 12.1 Å². The Kier molecular flexibility index (Phi) is 5.67. The summed E-state index contributed by atoms with van der Waals surface area (Å²) < 4.78 is 10.5. The van der Waals surface area contributed by atoms with Crippen LogP contribution in [0.4, 0.5) is 5.69 Å². The van der Waals surface area contributed by atoms with Crippen molar-refractivity contribution in [2.75, 3.05) is 14.2 Å². The van der Waals surface area contributed by atoms with Crippen LogP contribution in [-0.4, -0.2) is 24.1 Å². The Balaban J connectivity index is 1.97. The number of nitriles is 1. The van der Waals surface area contributed by atoms with E-state index in [2.05, 4.69) is 11.1 Å². The molecule has 0 fully saturated rings. The van der Waals surface area contributed by atoms with E-state index in [0.29, 0.717) is 38.9 Å². The molecule has 8 heteroatoms. The van der Waals surface area contributed by atoms with Gasteiger partial charge >= 0.3 is 0 Å². The van der Waals surface area contributed by atoms with Crippen LogP contribution in [0, 0.1) is 21.4 Å². The van der Waals surface area contributed by atoms with Crippen LogP contribution >= 0.6 is 11.3 Å². The molecular weight excluding hydrogens is 378 g/mol. The molecule has 3 rings (SSSR count). The van der Waals surface area contributed by atoms with Crippen molar-refractivity contribution in [1.82, 2.24) is 4.98 Å². The number of allylic oxidation sites excluding steroid dienone is 1. The molecule has 0 bridgehead atoms. The summed E-state index contributed by atoms with van der Waals surface area (Å²) in [5.74, 6) is 1.22. The van der Waals surface area contributed by atoms with Crippen LogP contribution in [0.15, 0.2) is 47.8 Å². The first-order valence-electron chi connectivity index (χ1n) is 8.10. The van der Waals surface area contributed by atoms with Crippen LogP contribution in [0.3, 0.4) is 0 Å². The molecule has 7 nitrogen and oxygen atoms in total. The zero-order valence-corrected chi connectivity index (χ0v) is 15.9. The van der Waals surface area contributed by atoms with E-state index in [9.17, 15) is 15.4 Å². The molecule has 0 aliphatic heterocycles. The summed E-state index contributed by atoms with van der Waals surface area (Å²) in [7, 11) is 3.11. The van der Waals surface area contributed by atoms with E-state index in [1.54, 1.807) is 56.0 Å². The summed E-state index contributed by atoms with van der Waals surface area (Å²) in [6.07, 6.45) is 1.69. The zero-order valence-electron chi connectivity index (χ0n) is 15.1. The number of thiazole rings is 1. The third-order valence-electron chi connectivity index (χ3n) is 3.95. The number of hydrogen-bond donors (Lipinski definition) is 0. The number of hydrogen-bond acceptors (Lipinski definition) is 7. The fraction of sp³-hybridized carbons (Fsp3) is 0.100. The lowest BCUT2D eigenvalue weighted by Crippen LogP contribution is -1.91. The Morgan fingerprint density at radius 1 is 1.25 bits per heavy atom. The van der Waals surface area contributed by atoms with Crippen LogP contribution in [0.1, 0.15) is 10.6 Å². The standard InChI is InChI=1S/C20H15N3O4S/c1-26-17-7-6-14(19(10-17)27-2)8-15(11-21)20-22-18(12-28-20)13-4-3-5-16(9-13)23(24)25/h3-10,12H,1-2H3. The lowest BCUT2D eigenvalue weighted by atomic mass is 10.1. The van der Waals surface area contributed by atoms with Gasteiger partial charge < -0.3 is 9.47 Å². The van der Waals surface area contributed by atoms with Crippen molar-refractivity contribution in [2.45, 2.75) is 0 Å². The van der Waals surface area contributed by atoms with Crippen LogP contribution in [0.5, 0.6) is 11.5 Å². The second kappa shape index (κ2) is 8.33. The van der Waals surface area contributed by atoms with Crippen molar-refractivity contribution in [3.05, 3.63) is 68.5 Å². The Bertz CT molecular complexity index is 1100.